The predicted octanol–water partition coefficient (Wildman–Crippen LogP) is 1.91. The van der Waals surface area contributed by atoms with Crippen LogP contribution in [-0.4, -0.2) is 28.4 Å². The third kappa shape index (κ3) is 2.01. The van der Waals surface area contributed by atoms with Crippen molar-refractivity contribution in [2.75, 3.05) is 7.11 Å². The van der Waals surface area contributed by atoms with E-state index in [4.69, 9.17) is 9.84 Å². The smallest absolute Gasteiger partial charge is 0.367 e. The molecule has 1 heterocycles. The topological polar surface area (TPSA) is 72.3 Å². The van der Waals surface area contributed by atoms with E-state index in [0.29, 0.717) is 5.01 Å². The number of benzene rings is 1. The number of rotatable bonds is 3. The number of hydrogen-bond donors (Lipinski definition) is 1. The molecule has 0 atom stereocenters. The Labute approximate surface area is 95.3 Å². The van der Waals surface area contributed by atoms with Crippen LogP contribution in [0.15, 0.2) is 24.3 Å². The van der Waals surface area contributed by atoms with E-state index in [1.165, 1.54) is 0 Å². The normalized spacial score (nSPS) is 10.1. The van der Waals surface area contributed by atoms with Gasteiger partial charge in [-0.15, -0.1) is 10.2 Å². The van der Waals surface area contributed by atoms with Crippen LogP contribution in [0.2, 0.25) is 0 Å². The van der Waals surface area contributed by atoms with Gasteiger partial charge >= 0.3 is 5.97 Å². The molecule has 2 rings (SSSR count). The van der Waals surface area contributed by atoms with E-state index in [1.54, 1.807) is 19.2 Å². The van der Waals surface area contributed by atoms with E-state index >= 15 is 0 Å². The van der Waals surface area contributed by atoms with Gasteiger partial charge in [0.1, 0.15) is 10.8 Å². The lowest BCUT2D eigenvalue weighted by Gasteiger charge is -1.99. The molecule has 0 saturated carbocycles. The molecule has 1 N–H and O–H groups in total. The largest absolute Gasteiger partial charge is 0.497 e. The molecule has 1 aromatic heterocycles. The van der Waals surface area contributed by atoms with Crippen molar-refractivity contribution in [2.45, 2.75) is 0 Å². The summed E-state index contributed by atoms with van der Waals surface area (Å²) in [7, 11) is 1.59. The van der Waals surface area contributed by atoms with Crippen molar-refractivity contribution in [3.05, 3.63) is 29.3 Å². The molecule has 0 bridgehead atoms. The molecule has 0 aliphatic rings. The molecule has 0 unspecified atom stereocenters. The van der Waals surface area contributed by atoms with Crippen LogP contribution in [0.25, 0.3) is 10.6 Å². The van der Waals surface area contributed by atoms with Gasteiger partial charge in [0.25, 0.3) is 0 Å². The van der Waals surface area contributed by atoms with E-state index in [2.05, 4.69) is 10.2 Å². The molecule has 0 spiro atoms. The van der Waals surface area contributed by atoms with Gasteiger partial charge in [0.15, 0.2) is 0 Å². The van der Waals surface area contributed by atoms with E-state index in [1.807, 2.05) is 12.1 Å². The predicted molar refractivity (Wildman–Crippen MR) is 58.9 cm³/mol. The lowest BCUT2D eigenvalue weighted by Crippen LogP contribution is -1.93. The molecular weight excluding hydrogens is 228 g/mol. The second kappa shape index (κ2) is 4.28. The van der Waals surface area contributed by atoms with Crippen LogP contribution in [0.4, 0.5) is 0 Å². The molecule has 0 aliphatic heterocycles. The highest BCUT2D eigenvalue weighted by Gasteiger charge is 2.11. The molecule has 82 valence electrons. The van der Waals surface area contributed by atoms with Crippen molar-refractivity contribution in [3.63, 3.8) is 0 Å². The zero-order chi connectivity index (χ0) is 11.5. The van der Waals surface area contributed by atoms with Gasteiger partial charge in [-0.3, -0.25) is 0 Å². The van der Waals surface area contributed by atoms with Crippen molar-refractivity contribution in [1.82, 2.24) is 10.2 Å². The zero-order valence-corrected chi connectivity index (χ0v) is 9.19. The van der Waals surface area contributed by atoms with Crippen molar-refractivity contribution in [1.29, 1.82) is 0 Å². The van der Waals surface area contributed by atoms with Gasteiger partial charge in [0.2, 0.25) is 5.01 Å². The summed E-state index contributed by atoms with van der Waals surface area (Å²) in [5.74, 6) is -0.316. The van der Waals surface area contributed by atoms with Crippen LogP contribution >= 0.6 is 11.3 Å². The summed E-state index contributed by atoms with van der Waals surface area (Å²) in [6.45, 7) is 0. The van der Waals surface area contributed by atoms with Gasteiger partial charge in [-0.1, -0.05) is 11.3 Å². The van der Waals surface area contributed by atoms with Gasteiger partial charge in [0.05, 0.1) is 7.11 Å². The Morgan fingerprint density at radius 1 is 1.31 bits per heavy atom. The summed E-state index contributed by atoms with van der Waals surface area (Å²) in [4.78, 5) is 10.6. The average Bonchev–Trinajstić information content (AvgIpc) is 2.78. The van der Waals surface area contributed by atoms with Crippen LogP contribution in [-0.2, 0) is 0 Å². The molecular formula is C10H8N2O3S. The maximum Gasteiger partial charge on any atom is 0.367 e. The van der Waals surface area contributed by atoms with Crippen LogP contribution in [0, 0.1) is 0 Å². The van der Waals surface area contributed by atoms with Crippen LogP contribution in [0.3, 0.4) is 0 Å². The Balaban J connectivity index is 2.31. The summed E-state index contributed by atoms with van der Waals surface area (Å²) in [5, 5.41) is 16.7. The third-order valence-corrected chi connectivity index (χ3v) is 2.91. The number of carbonyl (C=O) groups is 1. The number of nitrogens with zero attached hydrogens (tertiary/aromatic N) is 2. The Bertz CT molecular complexity index is 507. The van der Waals surface area contributed by atoms with E-state index < -0.39 is 5.97 Å². The molecule has 0 fully saturated rings. The first-order valence-corrected chi connectivity index (χ1v) is 5.23. The molecule has 0 saturated heterocycles. The fraction of sp³-hybridized carbons (Fsp3) is 0.100. The molecule has 6 heteroatoms. The van der Waals surface area contributed by atoms with E-state index in [9.17, 15) is 4.79 Å². The number of carboxylic acids is 1. The van der Waals surface area contributed by atoms with Crippen molar-refractivity contribution >= 4 is 17.3 Å². The molecule has 5 nitrogen and oxygen atoms in total. The Morgan fingerprint density at radius 3 is 2.50 bits per heavy atom. The summed E-state index contributed by atoms with van der Waals surface area (Å²) < 4.78 is 5.02. The standard InChI is InChI=1S/C10H8N2O3S/c1-15-7-4-2-6(3-5-7)8-11-12-9(16-8)10(13)14/h2-5H,1H3,(H,13,14). The first-order chi connectivity index (χ1) is 7.70. The van der Waals surface area contributed by atoms with Gasteiger partial charge in [-0.05, 0) is 24.3 Å². The minimum Gasteiger partial charge on any atom is -0.497 e. The highest BCUT2D eigenvalue weighted by Crippen LogP contribution is 2.25. The van der Waals surface area contributed by atoms with E-state index in [-0.39, 0.29) is 5.01 Å². The number of hydrogen-bond acceptors (Lipinski definition) is 5. The summed E-state index contributed by atoms with van der Waals surface area (Å²) in [6, 6.07) is 7.20. The fourth-order valence-electron chi connectivity index (χ4n) is 1.16. The monoisotopic (exact) mass is 236 g/mol. The van der Waals surface area contributed by atoms with Crippen molar-refractivity contribution in [3.8, 4) is 16.3 Å². The number of ether oxygens (including phenoxy) is 1. The highest BCUT2D eigenvalue weighted by atomic mass is 32.1. The van der Waals surface area contributed by atoms with Gasteiger partial charge in [-0.25, -0.2) is 4.79 Å². The van der Waals surface area contributed by atoms with Crippen molar-refractivity contribution in [2.24, 2.45) is 0 Å². The maximum atomic E-state index is 10.6. The minimum atomic E-state index is -1.06. The molecule has 0 amide bonds. The number of methoxy groups -OCH3 is 1. The molecule has 0 aliphatic carbocycles. The number of aromatic carboxylic acids is 1. The van der Waals surface area contributed by atoms with Crippen molar-refractivity contribution < 1.29 is 14.6 Å². The number of carboxylic acid groups (broad SMARTS) is 1. The van der Waals surface area contributed by atoms with Gasteiger partial charge in [0, 0.05) is 5.56 Å². The second-order valence-corrected chi connectivity index (χ2v) is 3.92. The highest BCUT2D eigenvalue weighted by molar-refractivity contribution is 7.16. The minimum absolute atomic E-state index is 0.00850. The first-order valence-electron chi connectivity index (χ1n) is 4.42. The van der Waals surface area contributed by atoms with Crippen LogP contribution < -0.4 is 4.74 Å². The SMILES string of the molecule is COc1ccc(-c2nnc(C(=O)O)s2)cc1. The molecule has 1 aromatic carbocycles. The average molecular weight is 236 g/mol. The lowest BCUT2D eigenvalue weighted by atomic mass is 10.2. The lowest BCUT2D eigenvalue weighted by molar-refractivity contribution is 0.0695. The summed E-state index contributed by atoms with van der Waals surface area (Å²) >= 11 is 1.04. The third-order valence-electron chi connectivity index (χ3n) is 1.94. The van der Waals surface area contributed by atoms with E-state index in [0.717, 1.165) is 22.6 Å². The number of aromatic nitrogens is 2. The van der Waals surface area contributed by atoms with Crippen LogP contribution in [0.5, 0.6) is 5.75 Å². The quantitative estimate of drug-likeness (QED) is 0.881. The van der Waals surface area contributed by atoms with Gasteiger partial charge in [-0.2, -0.15) is 0 Å². The summed E-state index contributed by atoms with van der Waals surface area (Å²) in [6.07, 6.45) is 0. The fourth-order valence-corrected chi connectivity index (χ4v) is 1.85. The maximum absolute atomic E-state index is 10.6. The molecule has 2 aromatic rings. The first kappa shape index (κ1) is 10.6. The molecule has 0 radical (unpaired) electrons. The molecule has 16 heavy (non-hydrogen) atoms. The Kier molecular flexibility index (Phi) is 2.82. The zero-order valence-electron chi connectivity index (χ0n) is 8.38. The Hall–Kier alpha value is -1.95. The van der Waals surface area contributed by atoms with Crippen LogP contribution in [0.1, 0.15) is 9.80 Å². The summed E-state index contributed by atoms with van der Waals surface area (Å²) in [5.41, 5.74) is 0.825. The Morgan fingerprint density at radius 2 is 2.00 bits per heavy atom. The second-order valence-electron chi connectivity index (χ2n) is 2.95. The van der Waals surface area contributed by atoms with Gasteiger partial charge < -0.3 is 9.84 Å².